The molecule has 15 heavy (non-hydrogen) atoms. The van der Waals surface area contributed by atoms with Gasteiger partial charge in [0.05, 0.1) is 5.60 Å². The molecule has 0 bridgehead atoms. The van der Waals surface area contributed by atoms with Crippen LogP contribution < -0.4 is 4.78 Å². The van der Waals surface area contributed by atoms with Gasteiger partial charge in [-0.3, -0.25) is 0 Å². The second kappa shape index (κ2) is 4.20. The molecule has 2 rings (SSSR count). The van der Waals surface area contributed by atoms with Crippen LogP contribution in [0.3, 0.4) is 0 Å². The topological polar surface area (TPSA) is 18.5 Å². The summed E-state index contributed by atoms with van der Waals surface area (Å²) in [5.41, 5.74) is -0.0984. The molecule has 2 heterocycles. The third kappa shape index (κ3) is 2.84. The number of halogens is 1. The van der Waals surface area contributed by atoms with Gasteiger partial charge in [0.1, 0.15) is 0 Å². The van der Waals surface area contributed by atoms with Crippen molar-refractivity contribution < 1.29 is 9.31 Å². The fourth-order valence-corrected chi connectivity index (χ4v) is 3.30. The maximum absolute atomic E-state index is 5.91. The van der Waals surface area contributed by atoms with Gasteiger partial charge in [-0.1, -0.05) is 0 Å². The highest BCUT2D eigenvalue weighted by Gasteiger charge is 2.38. The molecule has 2 nitrogen and oxygen atoms in total. The second-order valence-electron chi connectivity index (χ2n) is 4.53. The van der Waals surface area contributed by atoms with E-state index in [1.807, 2.05) is 5.38 Å². The molecule has 0 saturated carbocycles. The highest BCUT2D eigenvalue weighted by atomic mass is 79.9. The molecule has 1 aromatic rings. The van der Waals surface area contributed by atoms with E-state index in [1.54, 1.807) is 11.3 Å². The van der Waals surface area contributed by atoms with Crippen molar-refractivity contribution in [3.05, 3.63) is 15.9 Å². The Bertz CT molecular complexity index is 353. The first-order valence-electron chi connectivity index (χ1n) is 5.03. The van der Waals surface area contributed by atoms with E-state index in [0.717, 1.165) is 15.7 Å². The third-order valence-electron chi connectivity index (χ3n) is 2.38. The summed E-state index contributed by atoms with van der Waals surface area (Å²) in [6, 6.07) is 2.06. The van der Waals surface area contributed by atoms with Crippen LogP contribution in [0.1, 0.15) is 27.2 Å². The Kier molecular flexibility index (Phi) is 3.26. The molecule has 1 fully saturated rings. The van der Waals surface area contributed by atoms with Crippen LogP contribution in [-0.4, -0.2) is 18.8 Å². The largest absolute Gasteiger partial charge is 0.505 e. The number of rotatable bonds is 1. The summed E-state index contributed by atoms with van der Waals surface area (Å²) in [5.74, 6) is 0. The lowest BCUT2D eigenvalue weighted by molar-refractivity contribution is -0.0226. The Balaban J connectivity index is 2.16. The number of hydrogen-bond acceptors (Lipinski definition) is 3. The van der Waals surface area contributed by atoms with Crippen molar-refractivity contribution in [3.63, 3.8) is 0 Å². The van der Waals surface area contributed by atoms with Crippen LogP contribution in [0.5, 0.6) is 0 Å². The van der Waals surface area contributed by atoms with Crippen LogP contribution in [0, 0.1) is 0 Å². The highest BCUT2D eigenvalue weighted by molar-refractivity contribution is 9.10. The smallest absolute Gasteiger partial charge is 0.404 e. The molecule has 0 aromatic carbocycles. The number of thiophene rings is 1. The van der Waals surface area contributed by atoms with Crippen LogP contribution in [-0.2, 0) is 9.31 Å². The molecule has 0 spiro atoms. The van der Waals surface area contributed by atoms with E-state index in [0.29, 0.717) is 0 Å². The number of hydrogen-bond donors (Lipinski definition) is 0. The average Bonchev–Trinajstić information content (AvgIpc) is 2.48. The molecule has 1 aromatic heterocycles. The van der Waals surface area contributed by atoms with Gasteiger partial charge in [-0.2, -0.15) is 11.3 Å². The van der Waals surface area contributed by atoms with Gasteiger partial charge >= 0.3 is 7.12 Å². The molecule has 1 atom stereocenters. The van der Waals surface area contributed by atoms with Gasteiger partial charge < -0.3 is 9.31 Å². The minimum Gasteiger partial charge on any atom is -0.404 e. The standard InChI is InChI=1S/C10H14BBrO2S/c1-7-5-10(2,3)14-11(13-7)9-4-8(12)6-15-9/h4,6-7H,5H2,1-3H3/t7-/m1/s1. The van der Waals surface area contributed by atoms with Gasteiger partial charge in [-0.25, -0.2) is 0 Å². The van der Waals surface area contributed by atoms with E-state index in [-0.39, 0.29) is 18.8 Å². The molecule has 0 N–H and O–H groups in total. The molecule has 5 heteroatoms. The minimum atomic E-state index is -0.208. The zero-order chi connectivity index (χ0) is 11.1. The molecule has 1 aliphatic heterocycles. The molecule has 0 radical (unpaired) electrons. The van der Waals surface area contributed by atoms with Crippen LogP contribution in [0.4, 0.5) is 0 Å². The molecule has 0 amide bonds. The lowest BCUT2D eigenvalue weighted by Crippen LogP contribution is -2.50. The maximum Gasteiger partial charge on any atom is 0.505 e. The van der Waals surface area contributed by atoms with Gasteiger partial charge in [0.25, 0.3) is 0 Å². The lowest BCUT2D eigenvalue weighted by Gasteiger charge is -2.37. The van der Waals surface area contributed by atoms with Crippen LogP contribution >= 0.6 is 27.3 Å². The minimum absolute atomic E-state index is 0.0984. The predicted molar refractivity (Wildman–Crippen MR) is 67.7 cm³/mol. The van der Waals surface area contributed by atoms with Crippen molar-refractivity contribution >= 4 is 39.2 Å². The van der Waals surface area contributed by atoms with E-state index in [9.17, 15) is 0 Å². The van der Waals surface area contributed by atoms with E-state index in [2.05, 4.69) is 42.8 Å². The highest BCUT2D eigenvalue weighted by Crippen LogP contribution is 2.26. The van der Waals surface area contributed by atoms with Crippen LogP contribution in [0.15, 0.2) is 15.9 Å². The SMILES string of the molecule is C[C@@H]1CC(C)(C)OB(c2cc(Br)cs2)O1. The predicted octanol–water partition coefficient (Wildman–Crippen LogP) is 2.81. The van der Waals surface area contributed by atoms with E-state index >= 15 is 0 Å². The Hall–Kier alpha value is 0.165. The van der Waals surface area contributed by atoms with Crippen molar-refractivity contribution in [1.82, 2.24) is 0 Å². The van der Waals surface area contributed by atoms with E-state index < -0.39 is 0 Å². The summed E-state index contributed by atoms with van der Waals surface area (Å²) in [6.07, 6.45) is 1.19. The molecule has 1 aliphatic rings. The first-order valence-corrected chi connectivity index (χ1v) is 6.71. The molecule has 1 saturated heterocycles. The second-order valence-corrected chi connectivity index (χ2v) is 6.39. The quantitative estimate of drug-likeness (QED) is 0.740. The molecular formula is C10H14BBrO2S. The Morgan fingerprint density at radius 3 is 2.87 bits per heavy atom. The first-order chi connectivity index (χ1) is 6.96. The first kappa shape index (κ1) is 11.6. The summed E-state index contributed by atoms with van der Waals surface area (Å²) in [6.45, 7) is 6.32. The van der Waals surface area contributed by atoms with Crippen molar-refractivity contribution in [3.8, 4) is 0 Å². The summed E-state index contributed by atoms with van der Waals surface area (Å²) in [7, 11) is -0.208. The maximum atomic E-state index is 5.91. The van der Waals surface area contributed by atoms with Crippen LogP contribution in [0.25, 0.3) is 0 Å². The van der Waals surface area contributed by atoms with Gasteiger partial charge in [-0.15, -0.1) is 0 Å². The third-order valence-corrected chi connectivity index (χ3v) is 4.10. The zero-order valence-corrected chi connectivity index (χ0v) is 11.5. The summed E-state index contributed by atoms with van der Waals surface area (Å²) >= 11 is 5.10. The van der Waals surface area contributed by atoms with Gasteiger partial charge in [0, 0.05) is 20.7 Å². The molecule has 0 unspecified atom stereocenters. The van der Waals surface area contributed by atoms with Crippen molar-refractivity contribution in [1.29, 1.82) is 0 Å². The van der Waals surface area contributed by atoms with Crippen molar-refractivity contribution in [2.75, 3.05) is 0 Å². The fraction of sp³-hybridized carbons (Fsp3) is 0.600. The summed E-state index contributed by atoms with van der Waals surface area (Å²) in [4.78, 5) is 0. The molecule has 0 aliphatic carbocycles. The lowest BCUT2D eigenvalue weighted by atomic mass is 9.81. The van der Waals surface area contributed by atoms with Crippen LogP contribution in [0.2, 0.25) is 0 Å². The van der Waals surface area contributed by atoms with E-state index in [1.165, 1.54) is 0 Å². The Morgan fingerprint density at radius 1 is 1.60 bits per heavy atom. The van der Waals surface area contributed by atoms with Gasteiger partial charge in [0.2, 0.25) is 0 Å². The fourth-order valence-electron chi connectivity index (χ4n) is 1.89. The summed E-state index contributed by atoms with van der Waals surface area (Å²) in [5, 5.41) is 2.05. The van der Waals surface area contributed by atoms with Crippen molar-refractivity contribution in [2.45, 2.75) is 38.9 Å². The summed E-state index contributed by atoms with van der Waals surface area (Å²) < 4.78 is 13.9. The molecule has 82 valence electrons. The Morgan fingerprint density at radius 2 is 2.33 bits per heavy atom. The Labute approximate surface area is 103 Å². The van der Waals surface area contributed by atoms with Crippen molar-refractivity contribution in [2.24, 2.45) is 0 Å². The zero-order valence-electron chi connectivity index (χ0n) is 9.12. The van der Waals surface area contributed by atoms with Gasteiger partial charge in [0.15, 0.2) is 0 Å². The normalized spacial score (nSPS) is 25.6. The average molecular weight is 289 g/mol. The molecular weight excluding hydrogens is 275 g/mol. The van der Waals surface area contributed by atoms with E-state index in [4.69, 9.17) is 9.31 Å². The van der Waals surface area contributed by atoms with Gasteiger partial charge in [-0.05, 0) is 49.2 Å². The monoisotopic (exact) mass is 288 g/mol.